The summed E-state index contributed by atoms with van der Waals surface area (Å²) in [6, 6.07) is 8.00. The van der Waals surface area contributed by atoms with Crippen LogP contribution in [0.25, 0.3) is 5.69 Å². The monoisotopic (exact) mass is 348 g/mol. The predicted molar refractivity (Wildman–Crippen MR) is 95.8 cm³/mol. The van der Waals surface area contributed by atoms with Gasteiger partial charge in [0, 0.05) is 12.1 Å². The summed E-state index contributed by atoms with van der Waals surface area (Å²) in [4.78, 5) is 14.4. The van der Waals surface area contributed by atoms with E-state index < -0.39 is 0 Å². The first-order valence-electron chi connectivity index (χ1n) is 7.93. The molecule has 1 heterocycles. The highest BCUT2D eigenvalue weighted by atomic mass is 32.2. The number of thioether (sulfide) groups is 1. The minimum atomic E-state index is 0.0968. The van der Waals surface area contributed by atoms with Gasteiger partial charge in [0.15, 0.2) is 5.16 Å². The smallest absolute Gasteiger partial charge is 0.233 e. The van der Waals surface area contributed by atoms with Crippen LogP contribution < -0.4 is 4.74 Å². The second kappa shape index (κ2) is 8.19. The number of hydrogen-bond acceptors (Lipinski definition) is 5. The van der Waals surface area contributed by atoms with Crippen molar-refractivity contribution in [3.8, 4) is 11.4 Å². The van der Waals surface area contributed by atoms with E-state index in [0.717, 1.165) is 11.4 Å². The Morgan fingerprint density at radius 3 is 2.54 bits per heavy atom. The first kappa shape index (κ1) is 18.3. The molecule has 2 aromatic rings. The Balaban J connectivity index is 2.16. The zero-order chi connectivity index (χ0) is 17.7. The maximum Gasteiger partial charge on any atom is 0.233 e. The molecule has 0 bridgehead atoms. The molecule has 0 aliphatic heterocycles. The number of carbonyl (C=O) groups is 1. The van der Waals surface area contributed by atoms with E-state index in [1.54, 1.807) is 13.4 Å². The predicted octanol–water partition coefficient (Wildman–Crippen LogP) is 3.01. The molecule has 1 aromatic heterocycles. The number of ether oxygens (including phenoxy) is 1. The Labute approximate surface area is 147 Å². The molecule has 0 aliphatic carbocycles. The maximum absolute atomic E-state index is 12.5. The van der Waals surface area contributed by atoms with E-state index in [4.69, 9.17) is 4.74 Å². The molecule has 0 N–H and O–H groups in total. The molecule has 0 saturated carbocycles. The first-order chi connectivity index (χ1) is 11.5. The molecule has 130 valence electrons. The average Bonchev–Trinajstić information content (AvgIpc) is 3.00. The summed E-state index contributed by atoms with van der Waals surface area (Å²) < 4.78 is 7.23. The lowest BCUT2D eigenvalue weighted by molar-refractivity contribution is -0.131. The quantitative estimate of drug-likeness (QED) is 0.720. The lowest BCUT2D eigenvalue weighted by atomic mass is 10.2. The van der Waals surface area contributed by atoms with Gasteiger partial charge in [0.05, 0.1) is 18.6 Å². The van der Waals surface area contributed by atoms with Crippen LogP contribution in [0.3, 0.4) is 0 Å². The van der Waals surface area contributed by atoms with Gasteiger partial charge in [0.25, 0.3) is 0 Å². The third kappa shape index (κ3) is 4.08. The van der Waals surface area contributed by atoms with Crippen molar-refractivity contribution in [2.24, 2.45) is 0 Å². The van der Waals surface area contributed by atoms with E-state index >= 15 is 0 Å². The standard InChI is InChI=1S/C17H24N4O2S/c1-12(2)21(13(3)4)16(22)10-24-17-19-18-11-20(17)14-8-6-7-9-15(14)23-5/h6-9,11-13H,10H2,1-5H3. The summed E-state index contributed by atoms with van der Waals surface area (Å²) in [5.41, 5.74) is 0.851. The Hall–Kier alpha value is -2.02. The SMILES string of the molecule is COc1ccccc1-n1cnnc1SCC(=O)N(C(C)C)C(C)C. The Kier molecular flexibility index (Phi) is 6.25. The number of rotatable bonds is 7. The molecule has 0 fully saturated rings. The van der Waals surface area contributed by atoms with Crippen molar-refractivity contribution in [2.45, 2.75) is 44.9 Å². The molecular formula is C17H24N4O2S. The van der Waals surface area contributed by atoms with Crippen LogP contribution in [0.4, 0.5) is 0 Å². The van der Waals surface area contributed by atoms with Crippen LogP contribution in [0.5, 0.6) is 5.75 Å². The summed E-state index contributed by atoms with van der Waals surface area (Å²) >= 11 is 1.38. The number of methoxy groups -OCH3 is 1. The van der Waals surface area contributed by atoms with Gasteiger partial charge >= 0.3 is 0 Å². The van der Waals surface area contributed by atoms with Crippen LogP contribution in [0.15, 0.2) is 35.7 Å². The summed E-state index contributed by atoms with van der Waals surface area (Å²) in [6.45, 7) is 8.11. The number of benzene rings is 1. The number of carbonyl (C=O) groups excluding carboxylic acids is 1. The molecule has 0 atom stereocenters. The summed E-state index contributed by atoms with van der Waals surface area (Å²) in [5.74, 6) is 1.15. The lowest BCUT2D eigenvalue weighted by Crippen LogP contribution is -2.43. The zero-order valence-corrected chi connectivity index (χ0v) is 15.6. The van der Waals surface area contributed by atoms with Gasteiger partial charge in [0.2, 0.25) is 5.91 Å². The van der Waals surface area contributed by atoms with Gasteiger partial charge in [-0.25, -0.2) is 0 Å². The van der Waals surface area contributed by atoms with Gasteiger partial charge < -0.3 is 9.64 Å². The lowest BCUT2D eigenvalue weighted by Gasteiger charge is -2.30. The Morgan fingerprint density at radius 1 is 1.25 bits per heavy atom. The molecule has 0 saturated heterocycles. The van der Waals surface area contributed by atoms with E-state index in [9.17, 15) is 4.79 Å². The van der Waals surface area contributed by atoms with Crippen LogP contribution in [-0.4, -0.2) is 50.5 Å². The zero-order valence-electron chi connectivity index (χ0n) is 14.8. The highest BCUT2D eigenvalue weighted by Crippen LogP contribution is 2.26. The minimum Gasteiger partial charge on any atom is -0.495 e. The van der Waals surface area contributed by atoms with E-state index in [1.165, 1.54) is 11.8 Å². The molecule has 0 aliphatic rings. The average molecular weight is 348 g/mol. The van der Waals surface area contributed by atoms with E-state index in [-0.39, 0.29) is 18.0 Å². The molecule has 6 nitrogen and oxygen atoms in total. The van der Waals surface area contributed by atoms with Crippen molar-refractivity contribution in [1.82, 2.24) is 19.7 Å². The van der Waals surface area contributed by atoms with Gasteiger partial charge in [-0.3, -0.25) is 9.36 Å². The van der Waals surface area contributed by atoms with E-state index in [1.807, 2.05) is 61.4 Å². The maximum atomic E-state index is 12.5. The van der Waals surface area contributed by atoms with E-state index in [0.29, 0.717) is 10.9 Å². The highest BCUT2D eigenvalue weighted by Gasteiger charge is 2.21. The molecule has 1 amide bonds. The molecular weight excluding hydrogens is 324 g/mol. The highest BCUT2D eigenvalue weighted by molar-refractivity contribution is 7.99. The van der Waals surface area contributed by atoms with Crippen LogP contribution in [0.2, 0.25) is 0 Å². The third-order valence-corrected chi connectivity index (χ3v) is 4.51. The van der Waals surface area contributed by atoms with Crippen molar-refractivity contribution in [1.29, 1.82) is 0 Å². The molecule has 2 rings (SSSR count). The fraction of sp³-hybridized carbons (Fsp3) is 0.471. The van der Waals surface area contributed by atoms with Crippen molar-refractivity contribution >= 4 is 17.7 Å². The fourth-order valence-electron chi connectivity index (χ4n) is 2.69. The topological polar surface area (TPSA) is 60.2 Å². The van der Waals surface area contributed by atoms with Crippen molar-refractivity contribution in [3.05, 3.63) is 30.6 Å². The molecule has 1 aromatic carbocycles. The van der Waals surface area contributed by atoms with E-state index in [2.05, 4.69) is 10.2 Å². The van der Waals surface area contributed by atoms with Gasteiger partial charge in [-0.1, -0.05) is 23.9 Å². The molecule has 24 heavy (non-hydrogen) atoms. The van der Waals surface area contributed by atoms with Gasteiger partial charge in [-0.2, -0.15) is 0 Å². The second-order valence-electron chi connectivity index (χ2n) is 5.93. The molecule has 0 unspecified atom stereocenters. The normalized spacial score (nSPS) is 11.1. The fourth-order valence-corrected chi connectivity index (χ4v) is 3.48. The van der Waals surface area contributed by atoms with Crippen LogP contribution >= 0.6 is 11.8 Å². The second-order valence-corrected chi connectivity index (χ2v) is 6.88. The number of amides is 1. The van der Waals surface area contributed by atoms with Crippen LogP contribution in [-0.2, 0) is 4.79 Å². The number of hydrogen-bond donors (Lipinski definition) is 0. The largest absolute Gasteiger partial charge is 0.495 e. The van der Waals surface area contributed by atoms with Crippen molar-refractivity contribution in [3.63, 3.8) is 0 Å². The molecule has 7 heteroatoms. The number of para-hydroxylation sites is 2. The number of aromatic nitrogens is 3. The van der Waals surface area contributed by atoms with Gasteiger partial charge in [0.1, 0.15) is 12.1 Å². The van der Waals surface area contributed by atoms with Gasteiger partial charge in [-0.05, 0) is 39.8 Å². The van der Waals surface area contributed by atoms with Gasteiger partial charge in [-0.15, -0.1) is 10.2 Å². The summed E-state index contributed by atoms with van der Waals surface area (Å²) in [7, 11) is 1.63. The van der Waals surface area contributed by atoms with Crippen LogP contribution in [0, 0.1) is 0 Å². The van der Waals surface area contributed by atoms with Crippen molar-refractivity contribution < 1.29 is 9.53 Å². The molecule has 0 radical (unpaired) electrons. The van der Waals surface area contributed by atoms with Crippen LogP contribution in [0.1, 0.15) is 27.7 Å². The summed E-state index contributed by atoms with van der Waals surface area (Å²) in [5, 5.41) is 8.78. The number of nitrogens with zero attached hydrogens (tertiary/aromatic N) is 4. The molecule has 0 spiro atoms. The first-order valence-corrected chi connectivity index (χ1v) is 8.91. The third-order valence-electron chi connectivity index (χ3n) is 3.59. The van der Waals surface area contributed by atoms with Crippen molar-refractivity contribution in [2.75, 3.05) is 12.9 Å². The summed E-state index contributed by atoms with van der Waals surface area (Å²) in [6.07, 6.45) is 1.63. The minimum absolute atomic E-state index is 0.0968. The Morgan fingerprint density at radius 2 is 1.92 bits per heavy atom. The Bertz CT molecular complexity index is 677.